The lowest BCUT2D eigenvalue weighted by Gasteiger charge is -2.10. The van der Waals surface area contributed by atoms with E-state index in [0.29, 0.717) is 11.4 Å². The van der Waals surface area contributed by atoms with Crippen LogP contribution in [-0.2, 0) is 15.4 Å². The molecule has 2 aromatic rings. The van der Waals surface area contributed by atoms with E-state index in [9.17, 15) is 17.2 Å². The lowest BCUT2D eigenvalue weighted by molar-refractivity contribution is 0.0999. The largest absolute Gasteiger partial charge is 0.339 e. The highest BCUT2D eigenvalue weighted by Gasteiger charge is 2.72. The first-order chi connectivity index (χ1) is 10.9. The maximum atomic E-state index is 14.2. The molecule has 2 atom stereocenters. The van der Waals surface area contributed by atoms with Crippen LogP contribution in [0.1, 0.15) is 49.9 Å². The van der Waals surface area contributed by atoms with Crippen LogP contribution in [0.15, 0.2) is 33.7 Å². The van der Waals surface area contributed by atoms with Crippen molar-refractivity contribution in [1.29, 1.82) is 0 Å². The number of alkyl halides is 2. The Kier molecular flexibility index (Phi) is 3.58. The molecule has 0 radical (unpaired) electrons. The maximum absolute atomic E-state index is 14.2. The molecule has 1 aromatic heterocycles. The van der Waals surface area contributed by atoms with Gasteiger partial charge in [0.15, 0.2) is 5.82 Å². The fourth-order valence-electron chi connectivity index (χ4n) is 2.58. The number of rotatable bonds is 3. The molecule has 1 aliphatic carbocycles. The summed E-state index contributed by atoms with van der Waals surface area (Å²) in [7, 11) is -3.86. The van der Waals surface area contributed by atoms with Crippen LogP contribution in [0.2, 0.25) is 0 Å². The SMILES string of the molecule is CC(C)(C)c1noc([C@@H]2[C@@H](c3ccc(S(N)(=O)=O)cc3)C2(F)F)n1. The zero-order chi connectivity index (χ0) is 17.9. The first kappa shape index (κ1) is 17.0. The van der Waals surface area contributed by atoms with Gasteiger partial charge in [-0.3, -0.25) is 0 Å². The molecule has 1 saturated carbocycles. The van der Waals surface area contributed by atoms with Gasteiger partial charge in [-0.05, 0) is 17.7 Å². The lowest BCUT2D eigenvalue weighted by atomic mass is 9.96. The normalized spacial score (nSPS) is 23.2. The van der Waals surface area contributed by atoms with Gasteiger partial charge in [-0.25, -0.2) is 22.3 Å². The Morgan fingerprint density at radius 1 is 1.17 bits per heavy atom. The Balaban J connectivity index is 1.89. The molecule has 0 unspecified atom stereocenters. The minimum absolute atomic E-state index is 0.106. The molecule has 2 N–H and O–H groups in total. The minimum atomic E-state index is -3.86. The van der Waals surface area contributed by atoms with Crippen molar-refractivity contribution >= 4 is 10.0 Å². The fourth-order valence-corrected chi connectivity index (χ4v) is 3.10. The van der Waals surface area contributed by atoms with Crippen molar-refractivity contribution in [2.24, 2.45) is 5.14 Å². The second kappa shape index (κ2) is 5.06. The van der Waals surface area contributed by atoms with E-state index in [0.717, 1.165) is 0 Å². The molecular weight excluding hydrogens is 340 g/mol. The molecule has 9 heteroatoms. The zero-order valence-corrected chi connectivity index (χ0v) is 14.1. The molecule has 1 aromatic carbocycles. The number of nitrogens with zero attached hydrogens (tertiary/aromatic N) is 2. The van der Waals surface area contributed by atoms with E-state index in [1.807, 2.05) is 20.8 Å². The van der Waals surface area contributed by atoms with Gasteiger partial charge in [0.25, 0.3) is 5.92 Å². The summed E-state index contributed by atoms with van der Waals surface area (Å²) in [4.78, 5) is 3.97. The Morgan fingerprint density at radius 2 is 1.75 bits per heavy atom. The van der Waals surface area contributed by atoms with Gasteiger partial charge in [0, 0.05) is 5.41 Å². The fraction of sp³-hybridized carbons (Fsp3) is 0.467. The summed E-state index contributed by atoms with van der Waals surface area (Å²) in [5, 5.41) is 8.78. The van der Waals surface area contributed by atoms with Crippen LogP contribution < -0.4 is 5.14 Å². The van der Waals surface area contributed by atoms with Crippen LogP contribution in [0.5, 0.6) is 0 Å². The smallest absolute Gasteiger partial charge is 0.268 e. The number of aromatic nitrogens is 2. The third-order valence-electron chi connectivity index (χ3n) is 4.00. The molecule has 130 valence electrons. The van der Waals surface area contributed by atoms with Gasteiger partial charge in [-0.15, -0.1) is 0 Å². The molecule has 0 aliphatic heterocycles. The second-order valence-corrected chi connectivity index (χ2v) is 8.51. The Morgan fingerprint density at radius 3 is 2.21 bits per heavy atom. The second-order valence-electron chi connectivity index (χ2n) is 6.95. The molecule has 0 spiro atoms. The molecule has 6 nitrogen and oxygen atoms in total. The Labute approximate surface area is 138 Å². The van der Waals surface area contributed by atoms with Crippen molar-refractivity contribution in [2.75, 3.05) is 0 Å². The summed E-state index contributed by atoms with van der Waals surface area (Å²) in [6.07, 6.45) is 0. The van der Waals surface area contributed by atoms with Gasteiger partial charge >= 0.3 is 0 Å². The van der Waals surface area contributed by atoms with Crippen LogP contribution in [0.3, 0.4) is 0 Å². The molecule has 0 amide bonds. The first-order valence-electron chi connectivity index (χ1n) is 7.27. The summed E-state index contributed by atoms with van der Waals surface area (Å²) in [5.41, 5.74) is -0.105. The van der Waals surface area contributed by atoms with Crippen molar-refractivity contribution < 1.29 is 21.7 Å². The van der Waals surface area contributed by atoms with Gasteiger partial charge in [-0.2, -0.15) is 4.98 Å². The number of primary sulfonamides is 1. The van der Waals surface area contributed by atoms with Crippen LogP contribution >= 0.6 is 0 Å². The van der Waals surface area contributed by atoms with E-state index in [1.54, 1.807) is 0 Å². The highest BCUT2D eigenvalue weighted by Crippen LogP contribution is 2.66. The summed E-state index contributed by atoms with van der Waals surface area (Å²) < 4.78 is 55.9. The highest BCUT2D eigenvalue weighted by atomic mass is 32.2. The number of nitrogens with two attached hydrogens (primary N) is 1. The van der Waals surface area contributed by atoms with Gasteiger partial charge in [0.05, 0.1) is 10.8 Å². The Bertz CT molecular complexity index is 870. The van der Waals surface area contributed by atoms with Crippen LogP contribution in [-0.4, -0.2) is 24.5 Å². The third-order valence-corrected chi connectivity index (χ3v) is 4.93. The standard InChI is InChI=1S/C15H17F2N3O3S/c1-14(2,3)13-19-12(23-20-13)11-10(15(11,16)17)8-4-6-9(7-5-8)24(18,21)22/h4-7,10-11H,1-3H3,(H2,18,21,22)/t10-,11+/m1/s1. The molecule has 3 rings (SSSR count). The molecule has 1 aliphatic rings. The molecule has 1 fully saturated rings. The highest BCUT2D eigenvalue weighted by molar-refractivity contribution is 7.89. The van der Waals surface area contributed by atoms with Crippen molar-refractivity contribution in [3.8, 4) is 0 Å². The average molecular weight is 357 g/mol. The van der Waals surface area contributed by atoms with Crippen LogP contribution in [0, 0.1) is 0 Å². The van der Waals surface area contributed by atoms with E-state index in [-0.39, 0.29) is 10.8 Å². The summed E-state index contributed by atoms with van der Waals surface area (Å²) in [5.74, 6) is -5.10. The number of benzene rings is 1. The van der Waals surface area contributed by atoms with Gasteiger partial charge in [-0.1, -0.05) is 38.1 Å². The van der Waals surface area contributed by atoms with E-state index in [2.05, 4.69) is 10.1 Å². The molecule has 24 heavy (non-hydrogen) atoms. The summed E-state index contributed by atoms with van der Waals surface area (Å²) in [6.45, 7) is 5.57. The van der Waals surface area contributed by atoms with E-state index >= 15 is 0 Å². The number of halogens is 2. The lowest BCUT2D eigenvalue weighted by Crippen LogP contribution is -2.13. The number of hydrogen-bond donors (Lipinski definition) is 1. The first-order valence-corrected chi connectivity index (χ1v) is 8.81. The predicted molar refractivity (Wildman–Crippen MR) is 81.2 cm³/mol. The van der Waals surface area contributed by atoms with Gasteiger partial charge < -0.3 is 4.52 Å². The summed E-state index contributed by atoms with van der Waals surface area (Å²) in [6, 6.07) is 5.09. The van der Waals surface area contributed by atoms with Crippen molar-refractivity contribution in [2.45, 2.75) is 48.8 Å². The van der Waals surface area contributed by atoms with Crippen molar-refractivity contribution in [3.05, 3.63) is 41.5 Å². The van der Waals surface area contributed by atoms with Gasteiger partial charge in [0.2, 0.25) is 15.9 Å². The number of hydrogen-bond acceptors (Lipinski definition) is 5. The predicted octanol–water partition coefficient (Wildman–Crippen LogP) is 2.53. The average Bonchev–Trinajstić information content (AvgIpc) is 2.83. The molecular formula is C15H17F2N3O3S. The molecule has 0 saturated heterocycles. The summed E-state index contributed by atoms with van der Waals surface area (Å²) >= 11 is 0. The number of sulfonamides is 1. The minimum Gasteiger partial charge on any atom is -0.339 e. The van der Waals surface area contributed by atoms with Crippen LogP contribution in [0.25, 0.3) is 0 Å². The van der Waals surface area contributed by atoms with Crippen molar-refractivity contribution in [3.63, 3.8) is 0 Å². The zero-order valence-electron chi connectivity index (χ0n) is 13.3. The van der Waals surface area contributed by atoms with E-state index in [4.69, 9.17) is 9.66 Å². The van der Waals surface area contributed by atoms with Crippen LogP contribution in [0.4, 0.5) is 8.78 Å². The quantitative estimate of drug-likeness (QED) is 0.910. The van der Waals surface area contributed by atoms with Crippen molar-refractivity contribution in [1.82, 2.24) is 10.1 Å². The topological polar surface area (TPSA) is 99.1 Å². The van der Waals surface area contributed by atoms with Gasteiger partial charge in [0.1, 0.15) is 5.92 Å². The third kappa shape index (κ3) is 2.82. The Hall–Kier alpha value is -1.87. The molecule has 1 heterocycles. The van der Waals surface area contributed by atoms with E-state index < -0.39 is 33.2 Å². The van der Waals surface area contributed by atoms with E-state index in [1.165, 1.54) is 24.3 Å². The maximum Gasteiger partial charge on any atom is 0.268 e. The molecule has 0 bridgehead atoms. The monoisotopic (exact) mass is 357 g/mol.